The number of nitrogens with zero attached hydrogens (tertiary/aromatic N) is 6. The van der Waals surface area contributed by atoms with Gasteiger partial charge in [-0.05, 0) is 52.5 Å². The molecule has 3 saturated heterocycles. The van der Waals surface area contributed by atoms with Crippen molar-refractivity contribution in [2.75, 3.05) is 41.7 Å². The first kappa shape index (κ1) is 28.1. The van der Waals surface area contributed by atoms with E-state index in [1.165, 1.54) is 0 Å². The van der Waals surface area contributed by atoms with Crippen LogP contribution in [0.4, 0.5) is 22.0 Å². The Labute approximate surface area is 246 Å². The molecule has 3 aliphatic heterocycles. The number of hydrogen-bond donors (Lipinski definition) is 1. The number of aromatic nitrogens is 3. The summed E-state index contributed by atoms with van der Waals surface area (Å²) < 4.78 is 18.1. The molecule has 0 aromatic carbocycles. The molecule has 1 saturated carbocycles. The summed E-state index contributed by atoms with van der Waals surface area (Å²) >= 11 is 6.10. The highest BCUT2D eigenvalue weighted by Gasteiger charge is 2.41. The maximum Gasteiger partial charge on any atom is 0.410 e. The minimum atomic E-state index is -0.475. The van der Waals surface area contributed by atoms with Gasteiger partial charge in [0.1, 0.15) is 11.7 Å². The smallest absolute Gasteiger partial charge is 0.410 e. The Morgan fingerprint density at radius 2 is 1.71 bits per heavy atom. The van der Waals surface area contributed by atoms with E-state index in [-0.39, 0.29) is 24.4 Å². The van der Waals surface area contributed by atoms with Crippen LogP contribution < -0.4 is 20.3 Å². The first-order chi connectivity index (χ1) is 19.6. The Hall–Kier alpha value is -3.05. The zero-order valence-corrected chi connectivity index (χ0v) is 24.8. The van der Waals surface area contributed by atoms with Gasteiger partial charge in [-0.25, -0.2) is 9.78 Å². The molecule has 41 heavy (non-hydrogen) atoms. The predicted molar refractivity (Wildman–Crippen MR) is 157 cm³/mol. The molecule has 0 radical (unpaired) electrons. The number of nitrogen functional groups attached to an aromatic ring is 1. The quantitative estimate of drug-likeness (QED) is 0.525. The van der Waals surface area contributed by atoms with Crippen molar-refractivity contribution < 1.29 is 19.0 Å². The van der Waals surface area contributed by atoms with Crippen LogP contribution in [0.3, 0.4) is 0 Å². The predicted octanol–water partition coefficient (Wildman–Crippen LogP) is 4.29. The van der Waals surface area contributed by atoms with E-state index in [1.54, 1.807) is 11.0 Å². The SMILES string of the molecule is CC(C)(C)OC(=O)N1CCC(OC2CC(Oc3cc(N4C5CC[C@@H]4CN(c4cc(Cl)nnc4N)C5)ccn3)C2)CC1. The van der Waals surface area contributed by atoms with Gasteiger partial charge in [0.15, 0.2) is 11.0 Å². The van der Waals surface area contributed by atoms with E-state index >= 15 is 0 Å². The normalized spacial score (nSPS) is 26.6. The number of nitrogens with two attached hydrogens (primary N) is 1. The average molecular weight is 586 g/mol. The van der Waals surface area contributed by atoms with Crippen LogP contribution in [0.1, 0.15) is 59.3 Å². The molecule has 6 rings (SSSR count). The molecular weight excluding hydrogens is 546 g/mol. The Morgan fingerprint density at radius 1 is 1.00 bits per heavy atom. The number of likely N-dealkylation sites (tertiary alicyclic amines) is 1. The van der Waals surface area contributed by atoms with E-state index in [1.807, 2.05) is 27.0 Å². The van der Waals surface area contributed by atoms with Crippen LogP contribution in [0.5, 0.6) is 5.88 Å². The maximum absolute atomic E-state index is 12.3. The fraction of sp³-hybridized carbons (Fsp3) is 0.655. The zero-order valence-electron chi connectivity index (χ0n) is 24.0. The minimum absolute atomic E-state index is 0.102. The van der Waals surface area contributed by atoms with Crippen molar-refractivity contribution >= 4 is 34.9 Å². The third-order valence-electron chi connectivity index (χ3n) is 8.43. The van der Waals surface area contributed by atoms with Crippen molar-refractivity contribution in [3.8, 4) is 5.88 Å². The van der Waals surface area contributed by atoms with E-state index < -0.39 is 5.60 Å². The molecule has 4 aliphatic rings. The minimum Gasteiger partial charge on any atom is -0.474 e. The van der Waals surface area contributed by atoms with Gasteiger partial charge in [-0.1, -0.05) is 11.6 Å². The van der Waals surface area contributed by atoms with Crippen LogP contribution in [-0.4, -0.2) is 88.4 Å². The molecule has 1 aliphatic carbocycles. The molecular formula is C29H40ClN7O4. The number of carbonyl (C=O) groups excluding carboxylic acids is 1. The second-order valence-electron chi connectivity index (χ2n) is 12.6. The standard InChI is InChI=1S/C29H40ClN7O4/c1-29(2,3)41-28(38)35-10-7-21(8-11-35)39-22-13-23(14-22)40-26-12-18(6-9-32-26)37-19-4-5-20(37)17-36(16-19)24-15-25(30)33-34-27(24)31/h6,9,12,15,19-23H,4-5,7-8,10-11,13-14,16-17H2,1-3H3,(H2,31,34)/t19-,20?,22?,23?/m1/s1. The molecule has 11 nitrogen and oxygen atoms in total. The van der Waals surface area contributed by atoms with Gasteiger partial charge in [0.2, 0.25) is 5.88 Å². The van der Waals surface area contributed by atoms with Crippen LogP contribution >= 0.6 is 11.6 Å². The molecule has 2 bridgehead atoms. The summed E-state index contributed by atoms with van der Waals surface area (Å²) in [7, 11) is 0. The van der Waals surface area contributed by atoms with Gasteiger partial charge < -0.3 is 34.6 Å². The number of anilines is 3. The highest BCUT2D eigenvalue weighted by Crippen LogP contribution is 2.39. The summed E-state index contributed by atoms with van der Waals surface area (Å²) in [5, 5.41) is 8.21. The molecule has 2 atom stereocenters. The molecule has 2 aromatic rings. The third kappa shape index (κ3) is 6.40. The van der Waals surface area contributed by atoms with Crippen molar-refractivity contribution in [3.63, 3.8) is 0 Å². The Morgan fingerprint density at radius 3 is 2.39 bits per heavy atom. The summed E-state index contributed by atoms with van der Waals surface area (Å²) in [5.41, 5.74) is 7.64. The van der Waals surface area contributed by atoms with Crippen molar-refractivity contribution in [3.05, 3.63) is 29.5 Å². The van der Waals surface area contributed by atoms with Gasteiger partial charge in [0.05, 0.1) is 17.9 Å². The van der Waals surface area contributed by atoms with Gasteiger partial charge in [-0.2, -0.15) is 0 Å². The van der Waals surface area contributed by atoms with E-state index in [0.717, 1.165) is 63.0 Å². The van der Waals surface area contributed by atoms with Gasteiger partial charge in [-0.3, -0.25) is 0 Å². The Bertz CT molecular complexity index is 1230. The molecule has 1 unspecified atom stereocenters. The van der Waals surface area contributed by atoms with Gasteiger partial charge >= 0.3 is 6.09 Å². The number of carbonyl (C=O) groups is 1. The van der Waals surface area contributed by atoms with E-state index in [0.29, 0.717) is 42.0 Å². The monoisotopic (exact) mass is 585 g/mol. The highest BCUT2D eigenvalue weighted by atomic mass is 35.5. The molecule has 2 aromatic heterocycles. The van der Waals surface area contributed by atoms with Crippen LogP contribution in [0.15, 0.2) is 24.4 Å². The summed E-state index contributed by atoms with van der Waals surface area (Å²) in [6, 6.07) is 6.67. The lowest BCUT2D eigenvalue weighted by Crippen LogP contribution is -2.54. The number of amides is 1. The number of piperidine rings is 1. The zero-order chi connectivity index (χ0) is 28.7. The molecule has 2 N–H and O–H groups in total. The van der Waals surface area contributed by atoms with Crippen LogP contribution in [0.2, 0.25) is 5.15 Å². The lowest BCUT2D eigenvalue weighted by molar-refractivity contribution is -0.110. The second kappa shape index (κ2) is 11.3. The van der Waals surface area contributed by atoms with Gasteiger partial charge in [0.25, 0.3) is 0 Å². The van der Waals surface area contributed by atoms with E-state index in [2.05, 4.69) is 37.1 Å². The van der Waals surface area contributed by atoms with Crippen LogP contribution in [0.25, 0.3) is 0 Å². The van der Waals surface area contributed by atoms with Gasteiger partial charge in [0, 0.05) is 75.1 Å². The fourth-order valence-electron chi connectivity index (χ4n) is 6.44. The summed E-state index contributed by atoms with van der Waals surface area (Å²) in [5.74, 6) is 1.07. The molecule has 1 amide bonds. The van der Waals surface area contributed by atoms with E-state index in [4.69, 9.17) is 31.5 Å². The number of fused-ring (bicyclic) bond motifs is 2. The van der Waals surface area contributed by atoms with Crippen LogP contribution in [0, 0.1) is 0 Å². The number of rotatable bonds is 6. The van der Waals surface area contributed by atoms with Crippen molar-refractivity contribution in [2.24, 2.45) is 0 Å². The largest absolute Gasteiger partial charge is 0.474 e. The second-order valence-corrected chi connectivity index (χ2v) is 13.0. The van der Waals surface area contributed by atoms with Crippen molar-refractivity contribution in [1.82, 2.24) is 20.1 Å². The first-order valence-electron chi connectivity index (χ1n) is 14.7. The maximum atomic E-state index is 12.3. The molecule has 0 spiro atoms. The fourth-order valence-corrected chi connectivity index (χ4v) is 6.58. The summed E-state index contributed by atoms with van der Waals surface area (Å²) in [6.07, 6.45) is 7.66. The van der Waals surface area contributed by atoms with Gasteiger partial charge in [-0.15, -0.1) is 10.2 Å². The first-order valence-corrected chi connectivity index (χ1v) is 15.1. The summed E-state index contributed by atoms with van der Waals surface area (Å²) in [6.45, 7) is 8.70. The Kier molecular flexibility index (Phi) is 7.76. The number of pyridine rings is 1. The molecule has 12 heteroatoms. The number of hydrogen-bond acceptors (Lipinski definition) is 10. The topological polar surface area (TPSA) is 119 Å². The van der Waals surface area contributed by atoms with Crippen LogP contribution in [-0.2, 0) is 9.47 Å². The van der Waals surface area contributed by atoms with Crippen molar-refractivity contribution in [2.45, 2.75) is 95.3 Å². The third-order valence-corrected chi connectivity index (χ3v) is 8.61. The lowest BCUT2D eigenvalue weighted by atomic mass is 9.91. The average Bonchev–Trinajstić information content (AvgIpc) is 3.17. The van der Waals surface area contributed by atoms with Crippen molar-refractivity contribution in [1.29, 1.82) is 0 Å². The number of halogens is 1. The van der Waals surface area contributed by atoms with E-state index in [9.17, 15) is 4.79 Å². The lowest BCUT2D eigenvalue weighted by Gasteiger charge is -2.43. The Balaban J connectivity index is 0.976. The molecule has 5 heterocycles. The number of ether oxygens (including phenoxy) is 3. The molecule has 222 valence electrons. The molecule has 4 fully saturated rings. The number of piperazine rings is 1. The summed E-state index contributed by atoms with van der Waals surface area (Å²) in [4.78, 5) is 23.4. The highest BCUT2D eigenvalue weighted by molar-refractivity contribution is 6.29.